The monoisotopic (exact) mass is 1550 g/mol. The summed E-state index contributed by atoms with van der Waals surface area (Å²) in [5.74, 6) is -4.69. The summed E-state index contributed by atoms with van der Waals surface area (Å²) in [7, 11) is -7.26. The smallest absolute Gasteiger partial charge is 0.315 e. The molecule has 2 heterocycles. The Morgan fingerprint density at radius 2 is 0.880 bits per heavy atom. The summed E-state index contributed by atoms with van der Waals surface area (Å²) in [5, 5.41) is 34.6. The number of amides is 10. The van der Waals surface area contributed by atoms with Crippen LogP contribution in [0.3, 0.4) is 0 Å². The van der Waals surface area contributed by atoms with Crippen molar-refractivity contribution >= 4 is 73.0 Å². The van der Waals surface area contributed by atoms with Gasteiger partial charge >= 0.3 is 12.1 Å². The summed E-state index contributed by atoms with van der Waals surface area (Å²) in [6.07, 6.45) is 18.5. The Labute approximate surface area is 647 Å². The van der Waals surface area contributed by atoms with Crippen molar-refractivity contribution in [1.82, 2.24) is 52.3 Å². The van der Waals surface area contributed by atoms with E-state index in [9.17, 15) is 55.5 Å². The number of likely N-dealkylation sites (tertiary alicyclic amines) is 2. The maximum absolute atomic E-state index is 15.0. The molecule has 2 saturated heterocycles. The molecule has 0 radical (unpaired) electrons. The minimum Gasteiger partial charge on any atom is -0.381 e. The molecule has 9 N–H and O–H groups in total. The molecular formula is C82H140N10O14S2. The Morgan fingerprint density at radius 1 is 0.519 bits per heavy atom. The molecular weight excluding hydrogens is 1410 g/mol. The van der Waals surface area contributed by atoms with Gasteiger partial charge in [-0.05, 0) is 175 Å². The molecule has 10 amide bonds. The number of nitrogens with one attached hydrogen (secondary N) is 8. The third kappa shape index (κ3) is 19.3. The van der Waals surface area contributed by atoms with Crippen molar-refractivity contribution in [3.63, 3.8) is 0 Å². The zero-order valence-corrected chi connectivity index (χ0v) is 70.6. The van der Waals surface area contributed by atoms with E-state index in [0.717, 1.165) is 89.9 Å². The van der Waals surface area contributed by atoms with Gasteiger partial charge in [-0.3, -0.25) is 33.6 Å². The average molecular weight is 1550 g/mol. The molecule has 26 heteroatoms. The first-order valence-electron chi connectivity index (χ1n) is 41.0. The van der Waals surface area contributed by atoms with Crippen molar-refractivity contribution in [2.24, 2.45) is 69.0 Å². The Kier molecular flexibility index (Phi) is 29.2. The fourth-order valence-corrected chi connectivity index (χ4v) is 22.9. The molecule has 2 aliphatic heterocycles. The number of urea groups is 2. The summed E-state index contributed by atoms with van der Waals surface area (Å²) >= 11 is 0. The average Bonchev–Trinajstić information content (AvgIpc) is 1.53. The second-order valence-electron chi connectivity index (χ2n) is 37.9. The fourth-order valence-electron chi connectivity index (χ4n) is 19.5. The lowest BCUT2D eigenvalue weighted by atomic mass is 9.68. The molecule has 8 rings (SSSR count). The first-order chi connectivity index (χ1) is 50.1. The maximum Gasteiger partial charge on any atom is 0.315 e. The van der Waals surface area contributed by atoms with Gasteiger partial charge in [0, 0.05) is 26.2 Å². The zero-order chi connectivity index (χ0) is 80.9. The van der Waals surface area contributed by atoms with Gasteiger partial charge in [0.05, 0.1) is 44.2 Å². The van der Waals surface area contributed by atoms with E-state index < -0.39 is 135 Å². The Morgan fingerprint density at radius 3 is 1.24 bits per heavy atom. The van der Waals surface area contributed by atoms with E-state index in [1.54, 1.807) is 51.3 Å². The third-order valence-electron chi connectivity index (χ3n) is 27.8. The Balaban J connectivity index is 0.000000301. The molecule has 0 aromatic rings. The molecule has 614 valence electrons. The second kappa shape index (κ2) is 35.2. The lowest BCUT2D eigenvalue weighted by Gasteiger charge is -2.49. The minimum absolute atomic E-state index is 0.0568. The van der Waals surface area contributed by atoms with Gasteiger partial charge in [0.25, 0.3) is 11.8 Å². The number of hydrogen-bond acceptors (Lipinski definition) is 14. The highest BCUT2D eigenvalue weighted by Gasteiger charge is 2.72. The van der Waals surface area contributed by atoms with Gasteiger partial charge in [-0.1, -0.05) is 172 Å². The largest absolute Gasteiger partial charge is 0.381 e. The van der Waals surface area contributed by atoms with Gasteiger partial charge in [0.1, 0.15) is 24.2 Å². The lowest BCUT2D eigenvalue weighted by Crippen LogP contribution is -2.68. The predicted molar refractivity (Wildman–Crippen MR) is 423 cm³/mol. The summed E-state index contributed by atoms with van der Waals surface area (Å²) in [6.45, 7) is 42.7. The number of unbranched alkanes of at least 4 members (excludes halogenated alkanes) is 2. The Bertz CT molecular complexity index is 3480. The van der Waals surface area contributed by atoms with Crippen molar-refractivity contribution in [1.29, 1.82) is 0 Å². The highest BCUT2D eigenvalue weighted by molar-refractivity contribution is 7.93. The molecule has 6 saturated carbocycles. The number of rotatable bonds is 30. The number of ketones is 1. The van der Waals surface area contributed by atoms with Crippen LogP contribution in [0.4, 0.5) is 9.59 Å². The second-order valence-corrected chi connectivity index (χ2v) is 43.3. The SMILES string of the molecule is C=CCNC(=O)C(=O)C(CCCC)NC(=O)[C@@H]1[C@@H]2[C@H](CN1C(=O)[C@@H](NC(=O)NC1(CS(=O)(=O)C(C)(C)C)[C@H](C)CCC[C@@H]1C)C1(C)CCCCC1)C2(C)C.C=CCNC(=O)C(O)C(CCCC)NC(=O)[C@@H]1[C@@H]2[C@H](CN1C(=O)[C@@H](NC(=O)NC1(CS(=O)(=O)C(C)(C)C)[C@H](C)CCC[C@@H]1C)C1(C)CCCCC1)C2(C)C. The quantitative estimate of drug-likeness (QED) is 0.0239. The topological polar surface area (TPSA) is 345 Å². The van der Waals surface area contributed by atoms with Crippen molar-refractivity contribution < 1.29 is 65.1 Å². The van der Waals surface area contributed by atoms with Crippen molar-refractivity contribution in [2.45, 2.75) is 329 Å². The molecule has 0 aromatic heterocycles. The summed E-state index contributed by atoms with van der Waals surface area (Å²) in [5.41, 5.74) is -3.65. The van der Waals surface area contributed by atoms with E-state index in [1.165, 1.54) is 12.2 Å². The molecule has 0 aromatic carbocycles. The first kappa shape index (κ1) is 89.6. The van der Waals surface area contributed by atoms with Gasteiger partial charge in [-0.2, -0.15) is 0 Å². The molecule has 108 heavy (non-hydrogen) atoms. The number of Topliss-reactive ketones (excluding diaryl/α,β-unsaturated/α-hetero) is 1. The number of hydrogen-bond donors (Lipinski definition) is 9. The van der Waals surface area contributed by atoms with Crippen molar-refractivity contribution in [3.8, 4) is 0 Å². The van der Waals surface area contributed by atoms with Crippen LogP contribution in [0.5, 0.6) is 0 Å². The van der Waals surface area contributed by atoms with E-state index in [1.807, 2.05) is 55.4 Å². The zero-order valence-electron chi connectivity index (χ0n) is 69.0. The molecule has 17 atom stereocenters. The highest BCUT2D eigenvalue weighted by Crippen LogP contribution is 2.66. The summed E-state index contributed by atoms with van der Waals surface area (Å²) in [6, 6.07) is -6.69. The number of aliphatic hydroxyl groups excluding tert-OH is 1. The third-order valence-corrected chi connectivity index (χ3v) is 33.3. The Hall–Kier alpha value is -5.63. The number of carbonyl (C=O) groups excluding carboxylic acids is 9. The molecule has 8 fully saturated rings. The maximum atomic E-state index is 15.0. The molecule has 0 spiro atoms. The number of sulfone groups is 2. The molecule has 8 aliphatic rings. The molecule has 6 aliphatic carbocycles. The van der Waals surface area contributed by atoms with Gasteiger partial charge in [0.2, 0.25) is 29.4 Å². The van der Waals surface area contributed by atoms with Crippen LogP contribution in [-0.2, 0) is 53.2 Å². The number of fused-ring (bicyclic) bond motifs is 2. The fraction of sp³-hybridized carbons (Fsp3) is 0.841. The first-order valence-corrected chi connectivity index (χ1v) is 44.3. The van der Waals surface area contributed by atoms with Gasteiger partial charge < -0.3 is 57.4 Å². The predicted octanol–water partition coefficient (Wildman–Crippen LogP) is 9.92. The number of piperidine rings is 2. The van der Waals surface area contributed by atoms with Crippen LogP contribution in [0.2, 0.25) is 0 Å². The van der Waals surface area contributed by atoms with Crippen LogP contribution in [-0.4, -0.2) is 186 Å². The summed E-state index contributed by atoms with van der Waals surface area (Å²) < 4.78 is 52.9. The van der Waals surface area contributed by atoms with Crippen LogP contribution in [0.1, 0.15) is 266 Å². The molecule has 0 bridgehead atoms. The van der Waals surface area contributed by atoms with Crippen molar-refractivity contribution in [2.75, 3.05) is 37.7 Å². The molecule has 24 nitrogen and oxygen atoms in total. The standard InChI is InChI=1S/C41H71N5O7S.C41H69N5O7S/c2*1-11-13-20-29(32(47)35(49)42-23-12-2)43-34(48)31-30-28(39(30,8)9)24-46(31)36(50)33(40(10)21-15-14-16-22-40)44-37(51)45-41(25-54(52,53)38(5,6)7)26(3)18-17-19-27(41)4/h12,26-33,47H,2,11,13-25H2,1,3-10H3,(H,42,49)(H,43,48)(H2,44,45,51);12,26-31,33H,2,11,13-25H2,1,3-10H3,(H,42,49)(H,43,48)(H2,44,45,51)/t26-,27+,28-,29?,30-,31-,32?,33+,41?;26-,27+,28-,29?,30-,31-,33+,41?/m00/s1. The van der Waals surface area contributed by atoms with E-state index >= 15 is 9.59 Å². The van der Waals surface area contributed by atoms with E-state index in [4.69, 9.17) is 0 Å². The lowest BCUT2D eigenvalue weighted by molar-refractivity contribution is -0.146. The van der Waals surface area contributed by atoms with Crippen LogP contribution < -0.4 is 42.5 Å². The van der Waals surface area contributed by atoms with Crippen LogP contribution >= 0.6 is 0 Å². The van der Waals surface area contributed by atoms with Crippen molar-refractivity contribution in [3.05, 3.63) is 25.3 Å². The van der Waals surface area contributed by atoms with Crippen LogP contribution in [0.15, 0.2) is 25.3 Å². The van der Waals surface area contributed by atoms with E-state index in [2.05, 4.69) is 83.4 Å². The van der Waals surface area contributed by atoms with E-state index in [-0.39, 0.29) is 101 Å². The summed E-state index contributed by atoms with van der Waals surface area (Å²) in [4.78, 5) is 129. The van der Waals surface area contributed by atoms with Gasteiger partial charge in [-0.25, -0.2) is 26.4 Å². The number of carbonyl (C=O) groups is 9. The highest BCUT2D eigenvalue weighted by atomic mass is 32.2. The minimum atomic E-state index is -3.63. The van der Waals surface area contributed by atoms with Gasteiger partial charge in [-0.15, -0.1) is 13.2 Å². The van der Waals surface area contributed by atoms with Crippen LogP contribution in [0, 0.1) is 69.0 Å². The molecule has 5 unspecified atom stereocenters. The number of aliphatic hydroxyl groups is 1. The normalized spacial score (nSPS) is 30.2. The van der Waals surface area contributed by atoms with Gasteiger partial charge in [0.15, 0.2) is 25.8 Å². The van der Waals surface area contributed by atoms with E-state index in [0.29, 0.717) is 58.0 Å². The van der Waals surface area contributed by atoms with Crippen LogP contribution in [0.25, 0.3) is 0 Å². The number of nitrogens with zero attached hydrogens (tertiary/aromatic N) is 2.